The van der Waals surface area contributed by atoms with Gasteiger partial charge in [-0.05, 0) is 19.1 Å². The number of ether oxygens (including phenoxy) is 3. The minimum Gasteiger partial charge on any atom is -0.493 e. The zero-order chi connectivity index (χ0) is 18.4. The number of hydrogen-bond acceptors (Lipinski definition) is 5. The van der Waals surface area contributed by atoms with E-state index in [4.69, 9.17) is 14.2 Å². The zero-order valence-corrected chi connectivity index (χ0v) is 14.5. The lowest BCUT2D eigenvalue weighted by Gasteiger charge is -2.15. The third kappa shape index (κ3) is 4.41. The minimum atomic E-state index is -0.605. The van der Waals surface area contributed by atoms with Gasteiger partial charge in [0, 0.05) is 17.8 Å². The zero-order valence-electron chi connectivity index (χ0n) is 14.5. The predicted molar refractivity (Wildman–Crippen MR) is 94.7 cm³/mol. The molecule has 2 rings (SSSR count). The van der Waals surface area contributed by atoms with Crippen LogP contribution in [0.3, 0.4) is 0 Å². The number of benzene rings is 2. The summed E-state index contributed by atoms with van der Waals surface area (Å²) in [6.07, 6.45) is 0. The second-order valence-corrected chi connectivity index (χ2v) is 5.19. The maximum atomic E-state index is 12.2. The monoisotopic (exact) mass is 344 g/mol. The van der Waals surface area contributed by atoms with Gasteiger partial charge in [-0.1, -0.05) is 17.7 Å². The average Bonchev–Trinajstić information content (AvgIpc) is 2.62. The third-order valence-electron chi connectivity index (χ3n) is 3.49. The van der Waals surface area contributed by atoms with E-state index in [0.29, 0.717) is 17.2 Å². The number of carbonyl (C=O) groups is 2. The van der Waals surface area contributed by atoms with Crippen molar-refractivity contribution in [3.63, 3.8) is 0 Å². The van der Waals surface area contributed by atoms with Crippen LogP contribution in [0.4, 0.5) is 16.2 Å². The first-order valence-corrected chi connectivity index (χ1v) is 7.47. The van der Waals surface area contributed by atoms with Gasteiger partial charge in [0.15, 0.2) is 11.5 Å². The third-order valence-corrected chi connectivity index (χ3v) is 3.49. The fourth-order valence-corrected chi connectivity index (χ4v) is 2.18. The lowest BCUT2D eigenvalue weighted by Crippen LogP contribution is -2.21. The van der Waals surface area contributed by atoms with E-state index in [1.165, 1.54) is 33.5 Å². The number of anilines is 2. The van der Waals surface area contributed by atoms with Crippen molar-refractivity contribution in [2.45, 2.75) is 6.92 Å². The van der Waals surface area contributed by atoms with Gasteiger partial charge in [-0.15, -0.1) is 0 Å². The molecule has 0 spiro atoms. The maximum Gasteiger partial charge on any atom is 0.340 e. The van der Waals surface area contributed by atoms with Crippen LogP contribution in [0.5, 0.6) is 11.5 Å². The number of aryl methyl sites for hydroxylation is 1. The molecule has 2 aromatic carbocycles. The van der Waals surface area contributed by atoms with Crippen molar-refractivity contribution in [3.8, 4) is 11.5 Å². The molecule has 2 aromatic rings. The van der Waals surface area contributed by atoms with Crippen molar-refractivity contribution in [3.05, 3.63) is 47.5 Å². The van der Waals surface area contributed by atoms with Crippen molar-refractivity contribution in [2.75, 3.05) is 32.0 Å². The fourth-order valence-electron chi connectivity index (χ4n) is 2.18. The Hall–Kier alpha value is -3.22. The molecule has 2 amide bonds. The Morgan fingerprint density at radius 3 is 2.04 bits per heavy atom. The molecule has 25 heavy (non-hydrogen) atoms. The molecular formula is C18H20N2O5. The first-order valence-electron chi connectivity index (χ1n) is 7.47. The lowest BCUT2D eigenvalue weighted by molar-refractivity contribution is 0.0601. The molecule has 0 radical (unpaired) electrons. The highest BCUT2D eigenvalue weighted by atomic mass is 16.5. The number of amides is 2. The van der Waals surface area contributed by atoms with Crippen LogP contribution in [0, 0.1) is 6.92 Å². The molecule has 7 nitrogen and oxygen atoms in total. The number of hydrogen-bond donors (Lipinski definition) is 2. The van der Waals surface area contributed by atoms with E-state index in [9.17, 15) is 9.59 Å². The highest BCUT2D eigenvalue weighted by Crippen LogP contribution is 2.33. The second kappa shape index (κ2) is 8.05. The van der Waals surface area contributed by atoms with Gasteiger partial charge in [0.25, 0.3) is 0 Å². The highest BCUT2D eigenvalue weighted by Gasteiger charge is 2.19. The largest absolute Gasteiger partial charge is 0.493 e. The van der Waals surface area contributed by atoms with Crippen molar-refractivity contribution >= 4 is 23.4 Å². The summed E-state index contributed by atoms with van der Waals surface area (Å²) in [4.78, 5) is 24.2. The summed E-state index contributed by atoms with van der Waals surface area (Å²) in [6.45, 7) is 1.95. The molecule has 0 aliphatic carbocycles. The normalized spacial score (nSPS) is 9.92. The van der Waals surface area contributed by atoms with Crippen molar-refractivity contribution in [2.24, 2.45) is 0 Å². The molecule has 7 heteroatoms. The molecule has 0 saturated carbocycles. The molecule has 132 valence electrons. The molecule has 0 atom stereocenters. The van der Waals surface area contributed by atoms with Gasteiger partial charge in [-0.3, -0.25) is 0 Å². The number of nitrogens with one attached hydrogen (secondary N) is 2. The van der Waals surface area contributed by atoms with Crippen LogP contribution in [0.1, 0.15) is 15.9 Å². The van der Waals surface area contributed by atoms with E-state index >= 15 is 0 Å². The van der Waals surface area contributed by atoms with Crippen LogP contribution in [0.15, 0.2) is 36.4 Å². The van der Waals surface area contributed by atoms with Crippen LogP contribution in [0.25, 0.3) is 0 Å². The summed E-state index contributed by atoms with van der Waals surface area (Å²) in [6, 6.07) is 9.78. The maximum absolute atomic E-state index is 12.2. The van der Waals surface area contributed by atoms with Gasteiger partial charge in [-0.2, -0.15) is 0 Å². The molecule has 0 aliphatic heterocycles. The molecule has 0 unspecified atom stereocenters. The van der Waals surface area contributed by atoms with E-state index in [0.717, 1.165) is 5.56 Å². The Balaban J connectivity index is 2.28. The molecule has 0 fully saturated rings. The van der Waals surface area contributed by atoms with Gasteiger partial charge in [0.05, 0.1) is 32.6 Å². The van der Waals surface area contributed by atoms with Crippen molar-refractivity contribution < 1.29 is 23.8 Å². The van der Waals surface area contributed by atoms with Gasteiger partial charge >= 0.3 is 12.0 Å². The van der Waals surface area contributed by atoms with Crippen LogP contribution in [-0.4, -0.2) is 33.3 Å². The summed E-state index contributed by atoms with van der Waals surface area (Å²) in [5.41, 5.74) is 2.11. The number of urea groups is 1. The fraction of sp³-hybridized carbons (Fsp3) is 0.222. The van der Waals surface area contributed by atoms with E-state index in [-0.39, 0.29) is 11.3 Å². The van der Waals surface area contributed by atoms with Gasteiger partial charge in [0.2, 0.25) is 0 Å². The molecular weight excluding hydrogens is 324 g/mol. The van der Waals surface area contributed by atoms with E-state index < -0.39 is 12.0 Å². The van der Waals surface area contributed by atoms with Gasteiger partial charge in [0.1, 0.15) is 0 Å². The standard InChI is InChI=1S/C18H20N2O5/c1-11-5-7-12(8-6-11)19-18(22)20-14-10-16(24-3)15(23-2)9-13(14)17(21)25-4/h5-10H,1-4H3,(H2,19,20,22). The quantitative estimate of drug-likeness (QED) is 0.812. The first kappa shape index (κ1) is 18.1. The van der Waals surface area contributed by atoms with Crippen LogP contribution in [0.2, 0.25) is 0 Å². The average molecular weight is 344 g/mol. The van der Waals surface area contributed by atoms with Crippen LogP contribution < -0.4 is 20.1 Å². The highest BCUT2D eigenvalue weighted by molar-refractivity contribution is 6.05. The number of carbonyl (C=O) groups excluding carboxylic acids is 2. The Kier molecular flexibility index (Phi) is 5.84. The number of methoxy groups -OCH3 is 3. The van der Waals surface area contributed by atoms with E-state index in [2.05, 4.69) is 10.6 Å². The molecule has 0 saturated heterocycles. The summed E-state index contributed by atoms with van der Waals surface area (Å²) in [5, 5.41) is 5.32. The predicted octanol–water partition coefficient (Wildman–Crippen LogP) is 3.44. The number of rotatable bonds is 5. The number of esters is 1. The summed E-state index contributed by atoms with van der Waals surface area (Å²) in [5.74, 6) is 0.125. The van der Waals surface area contributed by atoms with E-state index in [1.807, 2.05) is 19.1 Å². The van der Waals surface area contributed by atoms with Gasteiger partial charge < -0.3 is 24.8 Å². The Morgan fingerprint density at radius 1 is 0.880 bits per heavy atom. The Bertz CT molecular complexity index is 772. The molecule has 0 heterocycles. The molecule has 2 N–H and O–H groups in total. The minimum absolute atomic E-state index is 0.152. The topological polar surface area (TPSA) is 85.9 Å². The van der Waals surface area contributed by atoms with Crippen LogP contribution >= 0.6 is 0 Å². The van der Waals surface area contributed by atoms with Crippen molar-refractivity contribution in [1.82, 2.24) is 0 Å². The molecule has 0 aromatic heterocycles. The summed E-state index contributed by atoms with van der Waals surface area (Å²) in [7, 11) is 4.18. The lowest BCUT2D eigenvalue weighted by atomic mass is 10.1. The smallest absolute Gasteiger partial charge is 0.340 e. The Morgan fingerprint density at radius 2 is 1.48 bits per heavy atom. The van der Waals surface area contributed by atoms with E-state index in [1.54, 1.807) is 12.1 Å². The SMILES string of the molecule is COC(=O)c1cc(OC)c(OC)cc1NC(=O)Nc1ccc(C)cc1. The van der Waals surface area contributed by atoms with Crippen LogP contribution in [-0.2, 0) is 4.74 Å². The summed E-state index contributed by atoms with van der Waals surface area (Å²) < 4.78 is 15.1. The molecule has 0 aliphatic rings. The summed E-state index contributed by atoms with van der Waals surface area (Å²) >= 11 is 0. The van der Waals surface area contributed by atoms with Crippen molar-refractivity contribution in [1.29, 1.82) is 0 Å². The second-order valence-electron chi connectivity index (χ2n) is 5.19. The first-order chi connectivity index (χ1) is 12.0. The van der Waals surface area contributed by atoms with Gasteiger partial charge in [-0.25, -0.2) is 9.59 Å². The Labute approximate surface area is 145 Å². The molecule has 0 bridgehead atoms.